The smallest absolute Gasteiger partial charge is 0.103 e. The Morgan fingerprint density at radius 2 is 2.00 bits per heavy atom. The Morgan fingerprint density at radius 1 is 1.21 bits per heavy atom. The van der Waals surface area contributed by atoms with Gasteiger partial charge in [0.25, 0.3) is 0 Å². The quantitative estimate of drug-likeness (QED) is 0.778. The third-order valence-electron chi connectivity index (χ3n) is 3.60. The van der Waals surface area contributed by atoms with Crippen LogP contribution < -0.4 is 4.90 Å². The summed E-state index contributed by atoms with van der Waals surface area (Å²) in [7, 11) is 0. The normalized spacial score (nSPS) is 13.2. The Morgan fingerprint density at radius 3 is 2.79 bits per heavy atom. The van der Waals surface area contributed by atoms with Crippen molar-refractivity contribution in [3.8, 4) is 6.07 Å². The Bertz CT molecular complexity index is 683. The zero-order chi connectivity index (χ0) is 13.4. The van der Waals surface area contributed by atoms with E-state index in [-0.39, 0.29) is 0 Å². The van der Waals surface area contributed by atoms with Crippen LogP contribution in [0, 0.1) is 25.2 Å². The monoisotopic (exact) mass is 249 g/mol. The molecule has 0 fully saturated rings. The van der Waals surface area contributed by atoms with Gasteiger partial charge < -0.3 is 4.90 Å². The Hall–Kier alpha value is -2.34. The summed E-state index contributed by atoms with van der Waals surface area (Å²) in [6.07, 6.45) is 1.03. The third-order valence-corrected chi connectivity index (χ3v) is 3.60. The van der Waals surface area contributed by atoms with Crippen LogP contribution in [0.1, 0.15) is 22.5 Å². The molecule has 0 saturated carbocycles. The first-order chi connectivity index (χ1) is 9.20. The molecule has 0 atom stereocenters. The standard InChI is InChI=1S/C16H15N3/c1-11-9-16(14(10-17)12(2)18-11)19-8-7-13-5-3-4-6-15(13)19/h3-6,9H,7-8H2,1-2H3. The third kappa shape index (κ3) is 1.86. The molecule has 0 unspecified atom stereocenters. The number of nitriles is 1. The van der Waals surface area contributed by atoms with Crippen LogP contribution >= 0.6 is 0 Å². The van der Waals surface area contributed by atoms with E-state index >= 15 is 0 Å². The van der Waals surface area contributed by atoms with Crippen molar-refractivity contribution >= 4 is 11.4 Å². The van der Waals surface area contributed by atoms with E-state index in [0.717, 1.165) is 30.0 Å². The Labute approximate surface area is 113 Å². The van der Waals surface area contributed by atoms with Crippen molar-refractivity contribution in [1.82, 2.24) is 4.98 Å². The zero-order valence-corrected chi connectivity index (χ0v) is 11.1. The molecule has 2 aromatic rings. The first-order valence-corrected chi connectivity index (χ1v) is 6.44. The number of aryl methyl sites for hydroxylation is 2. The molecule has 0 saturated heterocycles. The van der Waals surface area contributed by atoms with E-state index in [4.69, 9.17) is 0 Å². The maximum Gasteiger partial charge on any atom is 0.103 e. The molecule has 3 rings (SSSR count). The second-order valence-corrected chi connectivity index (χ2v) is 4.89. The predicted molar refractivity (Wildman–Crippen MR) is 75.6 cm³/mol. The summed E-state index contributed by atoms with van der Waals surface area (Å²) in [5.41, 5.74) is 5.99. The van der Waals surface area contributed by atoms with E-state index in [1.54, 1.807) is 0 Å². The zero-order valence-electron chi connectivity index (χ0n) is 11.1. The van der Waals surface area contributed by atoms with Gasteiger partial charge in [0.15, 0.2) is 0 Å². The van der Waals surface area contributed by atoms with E-state index < -0.39 is 0 Å². The van der Waals surface area contributed by atoms with Gasteiger partial charge in [0.1, 0.15) is 6.07 Å². The number of nitrogens with zero attached hydrogens (tertiary/aromatic N) is 3. The highest BCUT2D eigenvalue weighted by Gasteiger charge is 2.23. The van der Waals surface area contributed by atoms with Gasteiger partial charge in [-0.2, -0.15) is 5.26 Å². The SMILES string of the molecule is Cc1cc(N2CCc3ccccc32)c(C#N)c(C)n1. The van der Waals surface area contributed by atoms with E-state index in [9.17, 15) is 5.26 Å². The van der Waals surface area contributed by atoms with Crippen LogP contribution in [0.5, 0.6) is 0 Å². The molecule has 1 aliphatic heterocycles. The van der Waals surface area contributed by atoms with Crippen molar-refractivity contribution in [2.24, 2.45) is 0 Å². The van der Waals surface area contributed by atoms with Gasteiger partial charge in [0, 0.05) is 17.9 Å². The summed E-state index contributed by atoms with van der Waals surface area (Å²) in [5, 5.41) is 9.38. The van der Waals surface area contributed by atoms with Crippen LogP contribution in [-0.2, 0) is 6.42 Å². The molecule has 19 heavy (non-hydrogen) atoms. The lowest BCUT2D eigenvalue weighted by Crippen LogP contribution is -2.16. The van der Waals surface area contributed by atoms with Crippen LogP contribution in [0.25, 0.3) is 0 Å². The Kier molecular flexibility index (Phi) is 2.72. The summed E-state index contributed by atoms with van der Waals surface area (Å²) < 4.78 is 0. The number of aromatic nitrogens is 1. The molecule has 1 aromatic carbocycles. The number of fused-ring (bicyclic) bond motifs is 1. The molecule has 0 amide bonds. The van der Waals surface area contributed by atoms with Crippen LogP contribution in [0.2, 0.25) is 0 Å². The number of pyridine rings is 1. The van der Waals surface area contributed by atoms with Gasteiger partial charge in [-0.3, -0.25) is 4.98 Å². The van der Waals surface area contributed by atoms with Crippen molar-refractivity contribution in [1.29, 1.82) is 5.26 Å². The molecule has 3 nitrogen and oxygen atoms in total. The topological polar surface area (TPSA) is 39.9 Å². The molecular weight excluding hydrogens is 234 g/mol. The second kappa shape index (κ2) is 4.40. The summed E-state index contributed by atoms with van der Waals surface area (Å²) in [6, 6.07) is 12.7. The highest BCUT2D eigenvalue weighted by molar-refractivity contribution is 5.74. The number of anilines is 2. The molecule has 0 spiro atoms. The van der Waals surface area contributed by atoms with Gasteiger partial charge in [0.2, 0.25) is 0 Å². The number of rotatable bonds is 1. The fraction of sp³-hybridized carbons (Fsp3) is 0.250. The van der Waals surface area contributed by atoms with Gasteiger partial charge in [-0.25, -0.2) is 0 Å². The average molecular weight is 249 g/mol. The van der Waals surface area contributed by atoms with Crippen molar-refractivity contribution in [2.45, 2.75) is 20.3 Å². The lowest BCUT2D eigenvalue weighted by molar-refractivity contribution is 0.982. The second-order valence-electron chi connectivity index (χ2n) is 4.89. The molecule has 3 heteroatoms. The molecule has 1 aliphatic rings. The fourth-order valence-electron chi connectivity index (χ4n) is 2.75. The maximum atomic E-state index is 9.38. The molecule has 0 bridgehead atoms. The molecule has 0 N–H and O–H groups in total. The summed E-state index contributed by atoms with van der Waals surface area (Å²) in [6.45, 7) is 4.80. The van der Waals surface area contributed by atoms with Crippen LogP contribution in [0.15, 0.2) is 30.3 Å². The van der Waals surface area contributed by atoms with Crippen LogP contribution in [0.3, 0.4) is 0 Å². The first kappa shape index (κ1) is 11.7. The highest BCUT2D eigenvalue weighted by Crippen LogP contribution is 2.36. The van der Waals surface area contributed by atoms with Gasteiger partial charge in [0.05, 0.1) is 16.9 Å². The summed E-state index contributed by atoms with van der Waals surface area (Å²) in [5.74, 6) is 0. The largest absolute Gasteiger partial charge is 0.340 e. The minimum Gasteiger partial charge on any atom is -0.340 e. The molecule has 0 radical (unpaired) electrons. The lowest BCUT2D eigenvalue weighted by atomic mass is 10.1. The van der Waals surface area contributed by atoms with E-state index in [1.807, 2.05) is 26.0 Å². The van der Waals surface area contributed by atoms with Gasteiger partial charge in [-0.15, -0.1) is 0 Å². The fourth-order valence-corrected chi connectivity index (χ4v) is 2.75. The number of hydrogen-bond acceptors (Lipinski definition) is 3. The lowest BCUT2D eigenvalue weighted by Gasteiger charge is -2.22. The van der Waals surface area contributed by atoms with Crippen LogP contribution in [-0.4, -0.2) is 11.5 Å². The predicted octanol–water partition coefficient (Wildman–Crippen LogP) is 3.26. The maximum absolute atomic E-state index is 9.38. The van der Waals surface area contributed by atoms with Crippen LogP contribution in [0.4, 0.5) is 11.4 Å². The number of benzene rings is 1. The average Bonchev–Trinajstić information content (AvgIpc) is 2.81. The minimum absolute atomic E-state index is 0.683. The van der Waals surface area contributed by atoms with Gasteiger partial charge >= 0.3 is 0 Å². The van der Waals surface area contributed by atoms with E-state index in [2.05, 4.69) is 34.2 Å². The van der Waals surface area contributed by atoms with Gasteiger partial charge in [-0.1, -0.05) is 18.2 Å². The molecule has 0 aliphatic carbocycles. The number of para-hydroxylation sites is 1. The molecule has 1 aromatic heterocycles. The molecular formula is C16H15N3. The summed E-state index contributed by atoms with van der Waals surface area (Å²) in [4.78, 5) is 6.61. The molecule has 94 valence electrons. The molecule has 2 heterocycles. The van der Waals surface area contributed by atoms with E-state index in [1.165, 1.54) is 11.3 Å². The van der Waals surface area contributed by atoms with Gasteiger partial charge in [-0.05, 0) is 38.0 Å². The summed E-state index contributed by atoms with van der Waals surface area (Å²) >= 11 is 0. The van der Waals surface area contributed by atoms with Crippen molar-refractivity contribution in [2.75, 3.05) is 11.4 Å². The number of hydrogen-bond donors (Lipinski definition) is 0. The van der Waals surface area contributed by atoms with Crippen molar-refractivity contribution in [3.05, 3.63) is 52.8 Å². The minimum atomic E-state index is 0.683. The first-order valence-electron chi connectivity index (χ1n) is 6.44. The highest BCUT2D eigenvalue weighted by atomic mass is 15.2. The van der Waals surface area contributed by atoms with E-state index in [0.29, 0.717) is 5.56 Å². The van der Waals surface area contributed by atoms with Crippen molar-refractivity contribution < 1.29 is 0 Å². The Balaban J connectivity index is 2.17. The van der Waals surface area contributed by atoms with Crippen molar-refractivity contribution in [3.63, 3.8) is 0 Å².